The third-order valence-corrected chi connectivity index (χ3v) is 3.57. The molecule has 0 aliphatic carbocycles. The molecule has 2 heterocycles. The maximum atomic E-state index is 11.5. The Kier molecular flexibility index (Phi) is 6.16. The summed E-state index contributed by atoms with van der Waals surface area (Å²) in [5.74, 6) is 0.671. The molecule has 7 heteroatoms. The SMILES string of the molecule is COC(=O)CN(CCN1CCOCC1)Cc1cnc(C)[nH]1. The van der Waals surface area contributed by atoms with E-state index in [1.807, 2.05) is 13.1 Å². The van der Waals surface area contributed by atoms with Crippen molar-refractivity contribution in [3.63, 3.8) is 0 Å². The Hall–Kier alpha value is -1.44. The number of ether oxygens (including phenoxy) is 2. The van der Waals surface area contributed by atoms with Gasteiger partial charge in [-0.15, -0.1) is 0 Å². The van der Waals surface area contributed by atoms with Crippen LogP contribution in [0.25, 0.3) is 0 Å². The number of carbonyl (C=O) groups is 1. The maximum absolute atomic E-state index is 11.5. The van der Waals surface area contributed by atoms with Crippen molar-refractivity contribution in [1.82, 2.24) is 19.8 Å². The van der Waals surface area contributed by atoms with Crippen LogP contribution in [0.5, 0.6) is 0 Å². The lowest BCUT2D eigenvalue weighted by Gasteiger charge is -2.29. The highest BCUT2D eigenvalue weighted by Crippen LogP contribution is 2.04. The number of aromatic nitrogens is 2. The molecule has 0 spiro atoms. The molecule has 0 aromatic carbocycles. The number of imidazole rings is 1. The summed E-state index contributed by atoms with van der Waals surface area (Å²) in [7, 11) is 1.42. The van der Waals surface area contributed by atoms with Crippen LogP contribution in [0.2, 0.25) is 0 Å². The number of aryl methyl sites for hydroxylation is 1. The number of aromatic amines is 1. The van der Waals surface area contributed by atoms with E-state index in [-0.39, 0.29) is 5.97 Å². The zero-order valence-electron chi connectivity index (χ0n) is 12.8. The van der Waals surface area contributed by atoms with Crippen LogP contribution in [0.15, 0.2) is 6.20 Å². The number of H-pyrrole nitrogens is 1. The average molecular weight is 296 g/mol. The first-order valence-electron chi connectivity index (χ1n) is 7.27. The van der Waals surface area contributed by atoms with Crippen LogP contribution < -0.4 is 0 Å². The monoisotopic (exact) mass is 296 g/mol. The Morgan fingerprint density at radius 2 is 2.29 bits per heavy atom. The van der Waals surface area contributed by atoms with Gasteiger partial charge in [-0.05, 0) is 6.92 Å². The fourth-order valence-electron chi connectivity index (χ4n) is 2.36. The Morgan fingerprint density at radius 1 is 1.52 bits per heavy atom. The number of nitrogens with zero attached hydrogens (tertiary/aromatic N) is 3. The minimum Gasteiger partial charge on any atom is -0.468 e. The van der Waals surface area contributed by atoms with E-state index in [0.717, 1.165) is 50.9 Å². The van der Waals surface area contributed by atoms with Crippen LogP contribution >= 0.6 is 0 Å². The molecule has 2 rings (SSSR count). The number of carbonyl (C=O) groups excluding carboxylic acids is 1. The largest absolute Gasteiger partial charge is 0.468 e. The van der Waals surface area contributed by atoms with Crippen molar-refractivity contribution in [3.05, 3.63) is 17.7 Å². The molecule has 1 saturated heterocycles. The van der Waals surface area contributed by atoms with Crippen LogP contribution in [0.1, 0.15) is 11.5 Å². The number of hydrogen-bond donors (Lipinski definition) is 1. The van der Waals surface area contributed by atoms with Gasteiger partial charge in [0.1, 0.15) is 5.82 Å². The van der Waals surface area contributed by atoms with E-state index >= 15 is 0 Å². The molecular weight excluding hydrogens is 272 g/mol. The number of methoxy groups -OCH3 is 1. The fourth-order valence-corrected chi connectivity index (χ4v) is 2.36. The van der Waals surface area contributed by atoms with Gasteiger partial charge < -0.3 is 14.5 Å². The summed E-state index contributed by atoms with van der Waals surface area (Å²) in [5.41, 5.74) is 1.01. The molecule has 0 atom stereocenters. The van der Waals surface area contributed by atoms with Gasteiger partial charge >= 0.3 is 5.97 Å². The van der Waals surface area contributed by atoms with Crippen molar-refractivity contribution in [2.24, 2.45) is 0 Å². The number of rotatable bonds is 7. The highest BCUT2D eigenvalue weighted by molar-refractivity contribution is 5.71. The molecule has 0 radical (unpaired) electrons. The quantitative estimate of drug-likeness (QED) is 0.716. The van der Waals surface area contributed by atoms with Gasteiger partial charge in [0.25, 0.3) is 0 Å². The molecule has 1 aromatic rings. The minimum absolute atomic E-state index is 0.215. The van der Waals surface area contributed by atoms with Gasteiger partial charge in [0.15, 0.2) is 0 Å². The lowest BCUT2D eigenvalue weighted by atomic mass is 10.3. The van der Waals surface area contributed by atoms with Crippen molar-refractivity contribution < 1.29 is 14.3 Å². The lowest BCUT2D eigenvalue weighted by Crippen LogP contribution is -2.42. The van der Waals surface area contributed by atoms with Crippen molar-refractivity contribution in [2.75, 3.05) is 53.0 Å². The molecule has 0 amide bonds. The lowest BCUT2D eigenvalue weighted by molar-refractivity contribution is -0.142. The van der Waals surface area contributed by atoms with Gasteiger partial charge in [0, 0.05) is 44.6 Å². The van der Waals surface area contributed by atoms with Gasteiger partial charge in [-0.25, -0.2) is 4.98 Å². The maximum Gasteiger partial charge on any atom is 0.319 e. The summed E-state index contributed by atoms with van der Waals surface area (Å²) in [6, 6.07) is 0. The molecule has 1 fully saturated rings. The Morgan fingerprint density at radius 3 is 2.90 bits per heavy atom. The molecule has 118 valence electrons. The molecule has 1 N–H and O–H groups in total. The van der Waals surface area contributed by atoms with Crippen molar-refractivity contribution >= 4 is 5.97 Å². The van der Waals surface area contributed by atoms with Crippen LogP contribution in [-0.4, -0.2) is 78.8 Å². The first-order valence-corrected chi connectivity index (χ1v) is 7.27. The van der Waals surface area contributed by atoms with E-state index in [4.69, 9.17) is 9.47 Å². The van der Waals surface area contributed by atoms with E-state index in [1.54, 1.807) is 0 Å². The summed E-state index contributed by atoms with van der Waals surface area (Å²) < 4.78 is 10.1. The van der Waals surface area contributed by atoms with E-state index in [9.17, 15) is 4.79 Å². The summed E-state index contributed by atoms with van der Waals surface area (Å²) in [4.78, 5) is 23.4. The second-order valence-corrected chi connectivity index (χ2v) is 5.23. The fraction of sp³-hybridized carbons (Fsp3) is 0.714. The van der Waals surface area contributed by atoms with Crippen LogP contribution in [0.3, 0.4) is 0 Å². The molecule has 21 heavy (non-hydrogen) atoms. The first kappa shape index (κ1) is 15.9. The molecule has 1 aliphatic rings. The zero-order valence-corrected chi connectivity index (χ0v) is 12.8. The van der Waals surface area contributed by atoms with Crippen molar-refractivity contribution in [3.8, 4) is 0 Å². The van der Waals surface area contributed by atoms with Crippen molar-refractivity contribution in [1.29, 1.82) is 0 Å². The summed E-state index contributed by atoms with van der Waals surface area (Å²) in [6.07, 6.45) is 1.81. The van der Waals surface area contributed by atoms with Gasteiger partial charge in [0.2, 0.25) is 0 Å². The minimum atomic E-state index is -0.215. The van der Waals surface area contributed by atoms with E-state index < -0.39 is 0 Å². The Labute approximate surface area is 125 Å². The standard InChI is InChI=1S/C14H24N4O3/c1-12-15-9-13(16-12)10-18(11-14(19)20-2)4-3-17-5-7-21-8-6-17/h9H,3-8,10-11H2,1-2H3,(H,15,16). The predicted molar refractivity (Wildman–Crippen MR) is 77.9 cm³/mol. The summed E-state index contributed by atoms with van der Waals surface area (Å²) in [6.45, 7) is 8.10. The van der Waals surface area contributed by atoms with Crippen molar-refractivity contribution in [2.45, 2.75) is 13.5 Å². The second kappa shape index (κ2) is 8.11. The van der Waals surface area contributed by atoms with E-state index in [1.165, 1.54) is 7.11 Å². The van der Waals surface area contributed by atoms with Gasteiger partial charge in [-0.1, -0.05) is 0 Å². The van der Waals surface area contributed by atoms with E-state index in [2.05, 4.69) is 19.8 Å². The zero-order chi connectivity index (χ0) is 15.1. The Balaban J connectivity index is 1.86. The third kappa shape index (κ3) is 5.45. The molecule has 1 aliphatic heterocycles. The third-order valence-electron chi connectivity index (χ3n) is 3.57. The molecular formula is C14H24N4O3. The number of nitrogens with one attached hydrogen (secondary N) is 1. The summed E-state index contributed by atoms with van der Waals surface area (Å²) >= 11 is 0. The van der Waals surface area contributed by atoms with Crippen LogP contribution in [0.4, 0.5) is 0 Å². The van der Waals surface area contributed by atoms with Crippen LogP contribution in [0, 0.1) is 6.92 Å². The number of esters is 1. The molecule has 0 unspecified atom stereocenters. The van der Waals surface area contributed by atoms with Gasteiger partial charge in [-0.2, -0.15) is 0 Å². The topological polar surface area (TPSA) is 70.7 Å². The smallest absolute Gasteiger partial charge is 0.319 e. The predicted octanol–water partition coefficient (Wildman–Crippen LogP) is 0.0253. The van der Waals surface area contributed by atoms with E-state index in [0.29, 0.717) is 13.1 Å². The van der Waals surface area contributed by atoms with Gasteiger partial charge in [0.05, 0.1) is 26.9 Å². The highest BCUT2D eigenvalue weighted by Gasteiger charge is 2.16. The highest BCUT2D eigenvalue weighted by atomic mass is 16.5. The summed E-state index contributed by atoms with van der Waals surface area (Å²) in [5, 5.41) is 0. The average Bonchev–Trinajstić information content (AvgIpc) is 2.91. The van der Waals surface area contributed by atoms with Crippen LogP contribution in [-0.2, 0) is 20.8 Å². The van der Waals surface area contributed by atoms with Gasteiger partial charge in [-0.3, -0.25) is 14.6 Å². The molecule has 1 aromatic heterocycles. The number of morpholine rings is 1. The number of hydrogen-bond acceptors (Lipinski definition) is 6. The first-order chi connectivity index (χ1) is 10.2. The molecule has 7 nitrogen and oxygen atoms in total. The molecule has 0 saturated carbocycles. The normalized spacial score (nSPS) is 16.3. The Bertz CT molecular complexity index is 443. The molecule has 0 bridgehead atoms. The second-order valence-electron chi connectivity index (χ2n) is 5.23.